The lowest BCUT2D eigenvalue weighted by molar-refractivity contribution is 0.666. The summed E-state index contributed by atoms with van der Waals surface area (Å²) in [6.07, 6.45) is 0.962. The number of imidazole rings is 1. The van der Waals surface area contributed by atoms with Crippen molar-refractivity contribution in [3.63, 3.8) is 0 Å². The monoisotopic (exact) mass is 235 g/mol. The summed E-state index contributed by atoms with van der Waals surface area (Å²) in [6, 6.07) is 7.77. The van der Waals surface area contributed by atoms with Crippen LogP contribution in [0.4, 0.5) is 0 Å². The maximum atomic E-state index is 12.2. The third-order valence-electron chi connectivity index (χ3n) is 2.88. The molecule has 1 fully saturated rings. The normalized spacial score (nSPS) is 22.6. The van der Waals surface area contributed by atoms with Gasteiger partial charge in [-0.3, -0.25) is 4.21 Å². The summed E-state index contributed by atoms with van der Waals surface area (Å²) in [5.74, 6) is 0. The molecule has 0 unspecified atom stereocenters. The van der Waals surface area contributed by atoms with Gasteiger partial charge in [0.15, 0.2) is 5.16 Å². The largest absolute Gasteiger partial charge is 0.331 e. The number of fused-ring (bicyclic) bond motifs is 1. The molecule has 2 atom stereocenters. The molecule has 0 spiro atoms. The van der Waals surface area contributed by atoms with Gasteiger partial charge in [0.05, 0.1) is 27.1 Å². The van der Waals surface area contributed by atoms with Crippen molar-refractivity contribution in [1.29, 1.82) is 0 Å². The predicted octanol–water partition coefficient (Wildman–Crippen LogP) is 1.03. The predicted molar refractivity (Wildman–Crippen MR) is 63.8 cm³/mol. The molecule has 1 aliphatic rings. The number of nitrogens with zero attached hydrogens (tertiary/aromatic N) is 1. The van der Waals surface area contributed by atoms with Gasteiger partial charge in [0.2, 0.25) is 0 Å². The van der Waals surface area contributed by atoms with Crippen LogP contribution in [0.25, 0.3) is 11.0 Å². The van der Waals surface area contributed by atoms with Crippen molar-refractivity contribution in [2.45, 2.75) is 16.8 Å². The molecule has 2 N–H and O–H groups in total. The number of aromatic nitrogens is 2. The van der Waals surface area contributed by atoms with Crippen molar-refractivity contribution in [1.82, 2.24) is 15.3 Å². The van der Waals surface area contributed by atoms with Crippen LogP contribution in [-0.4, -0.2) is 32.5 Å². The van der Waals surface area contributed by atoms with Crippen LogP contribution in [0.15, 0.2) is 29.4 Å². The summed E-state index contributed by atoms with van der Waals surface area (Å²) in [7, 11) is -1.02. The maximum Gasteiger partial charge on any atom is 0.197 e. The number of hydrogen-bond donors (Lipinski definition) is 2. The summed E-state index contributed by atoms with van der Waals surface area (Å²) < 4.78 is 12.2. The number of hydrogen-bond acceptors (Lipinski definition) is 3. The highest BCUT2D eigenvalue weighted by molar-refractivity contribution is 7.85. The molecule has 0 bridgehead atoms. The van der Waals surface area contributed by atoms with Gasteiger partial charge in [-0.05, 0) is 25.1 Å². The van der Waals surface area contributed by atoms with Crippen molar-refractivity contribution in [2.75, 3.05) is 13.1 Å². The Balaban J connectivity index is 1.96. The fraction of sp³-hybridized carbons (Fsp3) is 0.364. The minimum absolute atomic E-state index is 0.195. The van der Waals surface area contributed by atoms with Crippen molar-refractivity contribution >= 4 is 21.8 Å². The van der Waals surface area contributed by atoms with E-state index in [1.165, 1.54) is 0 Å². The van der Waals surface area contributed by atoms with Gasteiger partial charge in [-0.25, -0.2) is 4.98 Å². The van der Waals surface area contributed by atoms with Gasteiger partial charge in [-0.15, -0.1) is 0 Å². The van der Waals surface area contributed by atoms with Gasteiger partial charge in [-0.1, -0.05) is 12.1 Å². The molecular weight excluding hydrogens is 222 g/mol. The van der Waals surface area contributed by atoms with Gasteiger partial charge >= 0.3 is 0 Å². The quantitative estimate of drug-likeness (QED) is 0.817. The Morgan fingerprint density at radius 2 is 2.25 bits per heavy atom. The molecule has 84 valence electrons. The van der Waals surface area contributed by atoms with Crippen LogP contribution in [0.5, 0.6) is 0 Å². The lowest BCUT2D eigenvalue weighted by atomic mass is 10.3. The molecule has 1 aromatic carbocycles. The number of aromatic amines is 1. The fourth-order valence-corrected chi connectivity index (χ4v) is 3.31. The zero-order valence-corrected chi connectivity index (χ0v) is 9.59. The Morgan fingerprint density at radius 3 is 3.00 bits per heavy atom. The zero-order valence-electron chi connectivity index (χ0n) is 8.77. The first-order valence-corrected chi connectivity index (χ1v) is 6.62. The Morgan fingerprint density at radius 1 is 1.38 bits per heavy atom. The minimum Gasteiger partial charge on any atom is -0.331 e. The van der Waals surface area contributed by atoms with E-state index in [0.717, 1.165) is 30.5 Å². The van der Waals surface area contributed by atoms with E-state index in [1.54, 1.807) is 0 Å². The first-order chi connectivity index (χ1) is 7.84. The molecule has 16 heavy (non-hydrogen) atoms. The summed E-state index contributed by atoms with van der Waals surface area (Å²) in [6.45, 7) is 1.78. The van der Waals surface area contributed by atoms with E-state index in [-0.39, 0.29) is 5.25 Å². The number of H-pyrrole nitrogens is 1. The molecule has 1 aliphatic heterocycles. The van der Waals surface area contributed by atoms with E-state index in [1.807, 2.05) is 24.3 Å². The van der Waals surface area contributed by atoms with Crippen LogP contribution < -0.4 is 5.32 Å². The van der Waals surface area contributed by atoms with Gasteiger partial charge < -0.3 is 10.3 Å². The number of benzene rings is 1. The van der Waals surface area contributed by atoms with Crippen LogP contribution >= 0.6 is 0 Å². The second-order valence-electron chi connectivity index (χ2n) is 3.97. The number of para-hydroxylation sites is 2. The van der Waals surface area contributed by atoms with Crippen molar-refractivity contribution in [3.8, 4) is 0 Å². The molecule has 0 saturated carbocycles. The van der Waals surface area contributed by atoms with Crippen LogP contribution in [0.3, 0.4) is 0 Å². The second kappa shape index (κ2) is 3.99. The SMILES string of the molecule is O=[S@@](c1nc2ccccc2[nH]1)[C@H]1CCNC1. The van der Waals surface area contributed by atoms with Crippen molar-refractivity contribution in [3.05, 3.63) is 24.3 Å². The molecule has 1 aromatic heterocycles. The average Bonchev–Trinajstić information content (AvgIpc) is 2.97. The summed E-state index contributed by atoms with van der Waals surface area (Å²) >= 11 is 0. The molecule has 0 amide bonds. The van der Waals surface area contributed by atoms with E-state index >= 15 is 0 Å². The van der Waals surface area contributed by atoms with Crippen LogP contribution in [0, 0.1) is 0 Å². The third-order valence-corrected chi connectivity index (χ3v) is 4.46. The van der Waals surface area contributed by atoms with Gasteiger partial charge in [0.1, 0.15) is 0 Å². The standard InChI is InChI=1S/C11H13N3OS/c15-16(8-5-6-12-7-8)11-13-9-3-1-2-4-10(9)14-11/h1-4,8,12H,5-7H2,(H,13,14)/t8-,16+/m0/s1. The molecule has 2 aromatic rings. The fourth-order valence-electron chi connectivity index (χ4n) is 1.99. The average molecular weight is 235 g/mol. The Bertz CT molecular complexity index is 498. The van der Waals surface area contributed by atoms with E-state index < -0.39 is 10.8 Å². The zero-order chi connectivity index (χ0) is 11.0. The topological polar surface area (TPSA) is 57.8 Å². The van der Waals surface area contributed by atoms with Gasteiger partial charge in [0, 0.05) is 6.54 Å². The summed E-state index contributed by atoms with van der Waals surface area (Å²) in [4.78, 5) is 7.51. The molecular formula is C11H13N3OS. The molecule has 5 heteroatoms. The lowest BCUT2D eigenvalue weighted by Gasteiger charge is -2.04. The smallest absolute Gasteiger partial charge is 0.197 e. The Kier molecular flexibility index (Phi) is 2.49. The van der Waals surface area contributed by atoms with Gasteiger partial charge in [0.25, 0.3) is 0 Å². The van der Waals surface area contributed by atoms with E-state index in [2.05, 4.69) is 15.3 Å². The minimum atomic E-state index is -1.02. The second-order valence-corrected chi connectivity index (χ2v) is 5.62. The summed E-state index contributed by atoms with van der Waals surface area (Å²) in [5, 5.41) is 4.02. The van der Waals surface area contributed by atoms with Gasteiger partial charge in [-0.2, -0.15) is 0 Å². The van der Waals surface area contributed by atoms with Crippen molar-refractivity contribution < 1.29 is 4.21 Å². The Hall–Kier alpha value is -1.20. The van der Waals surface area contributed by atoms with Crippen LogP contribution in [-0.2, 0) is 10.8 Å². The molecule has 2 heterocycles. The van der Waals surface area contributed by atoms with Crippen molar-refractivity contribution in [2.24, 2.45) is 0 Å². The first-order valence-electron chi connectivity index (χ1n) is 5.40. The van der Waals surface area contributed by atoms with E-state index in [0.29, 0.717) is 5.16 Å². The highest BCUT2D eigenvalue weighted by atomic mass is 32.2. The molecule has 0 aliphatic carbocycles. The lowest BCUT2D eigenvalue weighted by Crippen LogP contribution is -2.19. The summed E-state index contributed by atoms with van der Waals surface area (Å²) in [5.41, 5.74) is 1.84. The maximum absolute atomic E-state index is 12.2. The van der Waals surface area contributed by atoms with Crippen LogP contribution in [0.2, 0.25) is 0 Å². The third kappa shape index (κ3) is 1.66. The number of rotatable bonds is 2. The molecule has 0 radical (unpaired) electrons. The highest BCUT2D eigenvalue weighted by Crippen LogP contribution is 2.17. The number of nitrogens with one attached hydrogen (secondary N) is 2. The first kappa shape index (κ1) is 9.99. The Labute approximate surface area is 95.9 Å². The molecule has 3 rings (SSSR count). The van der Waals surface area contributed by atoms with E-state index in [9.17, 15) is 4.21 Å². The highest BCUT2D eigenvalue weighted by Gasteiger charge is 2.24. The van der Waals surface area contributed by atoms with E-state index in [4.69, 9.17) is 0 Å². The molecule has 1 saturated heterocycles. The molecule has 4 nitrogen and oxygen atoms in total. The van der Waals surface area contributed by atoms with Crippen LogP contribution in [0.1, 0.15) is 6.42 Å².